The summed E-state index contributed by atoms with van der Waals surface area (Å²) in [4.78, 5) is 17.1. The Bertz CT molecular complexity index is 435. The predicted molar refractivity (Wildman–Crippen MR) is 74.6 cm³/mol. The van der Waals surface area contributed by atoms with E-state index in [1.54, 1.807) is 6.07 Å². The first-order valence-corrected chi connectivity index (χ1v) is 7.09. The third-order valence-corrected chi connectivity index (χ3v) is 3.64. The Morgan fingerprint density at radius 3 is 2.83 bits per heavy atom. The normalized spacial score (nSPS) is 15.5. The largest absolute Gasteiger partial charge is 0.370 e. The molecule has 0 amide bonds. The smallest absolute Gasteiger partial charge is 0.276 e. The van der Waals surface area contributed by atoms with Gasteiger partial charge in [-0.05, 0) is 6.92 Å². The molecule has 0 aromatic carbocycles. The predicted octanol–water partition coefficient (Wildman–Crippen LogP) is 1.97. The molecule has 2 heterocycles. The van der Waals surface area contributed by atoms with Gasteiger partial charge in [0.1, 0.15) is 11.6 Å². The van der Waals surface area contributed by atoms with Gasteiger partial charge in [-0.2, -0.15) is 11.8 Å². The summed E-state index contributed by atoms with van der Waals surface area (Å²) in [7, 11) is 0. The number of pyridine rings is 1. The average Bonchev–Trinajstić information content (AvgIpc) is 2.40. The van der Waals surface area contributed by atoms with Crippen LogP contribution in [0.25, 0.3) is 0 Å². The summed E-state index contributed by atoms with van der Waals surface area (Å²) in [6.07, 6.45) is 0. The summed E-state index contributed by atoms with van der Waals surface area (Å²) >= 11 is 1.90. The Hall–Kier alpha value is -1.50. The zero-order chi connectivity index (χ0) is 13.0. The van der Waals surface area contributed by atoms with Gasteiger partial charge in [-0.15, -0.1) is 0 Å². The maximum absolute atomic E-state index is 10.9. The van der Waals surface area contributed by atoms with Crippen LogP contribution in [0.2, 0.25) is 0 Å². The fourth-order valence-electron chi connectivity index (χ4n) is 1.83. The first kappa shape index (κ1) is 12.9. The minimum atomic E-state index is -0.370. The molecular formula is C11H16N4O2S. The van der Waals surface area contributed by atoms with Gasteiger partial charge in [0.05, 0.1) is 17.1 Å². The maximum atomic E-state index is 10.9. The lowest BCUT2D eigenvalue weighted by Crippen LogP contribution is -2.33. The van der Waals surface area contributed by atoms with Crippen molar-refractivity contribution >= 4 is 29.1 Å². The second-order valence-electron chi connectivity index (χ2n) is 3.96. The Kier molecular flexibility index (Phi) is 4.24. The van der Waals surface area contributed by atoms with Crippen LogP contribution in [0.1, 0.15) is 6.92 Å². The van der Waals surface area contributed by atoms with E-state index in [2.05, 4.69) is 15.2 Å². The van der Waals surface area contributed by atoms with Gasteiger partial charge in [0, 0.05) is 31.1 Å². The minimum Gasteiger partial charge on any atom is -0.370 e. The molecule has 7 heteroatoms. The lowest BCUT2D eigenvalue weighted by molar-refractivity contribution is -0.384. The van der Waals surface area contributed by atoms with Crippen LogP contribution in [-0.4, -0.2) is 41.0 Å². The number of rotatable bonds is 4. The van der Waals surface area contributed by atoms with Gasteiger partial charge < -0.3 is 10.2 Å². The van der Waals surface area contributed by atoms with Crippen molar-refractivity contribution in [3.8, 4) is 0 Å². The van der Waals surface area contributed by atoms with Crippen LogP contribution in [0.3, 0.4) is 0 Å². The molecule has 98 valence electrons. The lowest BCUT2D eigenvalue weighted by Gasteiger charge is -2.27. The van der Waals surface area contributed by atoms with E-state index in [1.807, 2.05) is 18.7 Å². The first-order chi connectivity index (χ1) is 8.70. The van der Waals surface area contributed by atoms with Crippen molar-refractivity contribution in [2.24, 2.45) is 0 Å². The number of nitro groups is 1. The Morgan fingerprint density at radius 1 is 1.50 bits per heavy atom. The highest BCUT2D eigenvalue weighted by atomic mass is 32.2. The second-order valence-corrected chi connectivity index (χ2v) is 5.18. The highest BCUT2D eigenvalue weighted by Gasteiger charge is 2.17. The van der Waals surface area contributed by atoms with Crippen LogP contribution < -0.4 is 10.2 Å². The first-order valence-electron chi connectivity index (χ1n) is 5.93. The number of aromatic nitrogens is 1. The third-order valence-electron chi connectivity index (χ3n) is 2.70. The average molecular weight is 268 g/mol. The van der Waals surface area contributed by atoms with Crippen LogP contribution in [-0.2, 0) is 0 Å². The molecule has 1 aromatic rings. The lowest BCUT2D eigenvalue weighted by atomic mass is 10.3. The van der Waals surface area contributed by atoms with Crippen LogP contribution >= 0.6 is 11.8 Å². The summed E-state index contributed by atoms with van der Waals surface area (Å²) in [6, 6.07) is 3.03. The zero-order valence-electron chi connectivity index (χ0n) is 10.3. The molecule has 2 rings (SSSR count). The fourth-order valence-corrected chi connectivity index (χ4v) is 2.74. The molecule has 0 unspecified atom stereocenters. The molecule has 0 aliphatic carbocycles. The highest BCUT2D eigenvalue weighted by Crippen LogP contribution is 2.25. The molecule has 0 atom stereocenters. The monoisotopic (exact) mass is 268 g/mol. The van der Waals surface area contributed by atoms with E-state index >= 15 is 0 Å². The molecular weight excluding hydrogens is 252 g/mol. The van der Waals surface area contributed by atoms with Crippen LogP contribution in [0.5, 0.6) is 0 Å². The maximum Gasteiger partial charge on any atom is 0.276 e. The summed E-state index contributed by atoms with van der Waals surface area (Å²) < 4.78 is 0. The van der Waals surface area contributed by atoms with Crippen molar-refractivity contribution in [1.29, 1.82) is 0 Å². The fraction of sp³-hybridized carbons (Fsp3) is 0.545. The van der Waals surface area contributed by atoms with E-state index in [-0.39, 0.29) is 10.6 Å². The van der Waals surface area contributed by atoms with Gasteiger partial charge in [-0.3, -0.25) is 10.1 Å². The molecule has 1 saturated heterocycles. The molecule has 1 fully saturated rings. The van der Waals surface area contributed by atoms with Crippen molar-refractivity contribution in [3.05, 3.63) is 22.2 Å². The molecule has 1 N–H and O–H groups in total. The summed E-state index contributed by atoms with van der Waals surface area (Å²) in [6.45, 7) is 4.43. The molecule has 1 aliphatic heterocycles. The number of hydrogen-bond donors (Lipinski definition) is 1. The van der Waals surface area contributed by atoms with Gasteiger partial charge in [-0.25, -0.2) is 4.98 Å². The van der Waals surface area contributed by atoms with E-state index in [9.17, 15) is 10.1 Å². The van der Waals surface area contributed by atoms with Crippen LogP contribution in [0.4, 0.5) is 17.3 Å². The number of nitrogens with one attached hydrogen (secondary N) is 1. The highest BCUT2D eigenvalue weighted by molar-refractivity contribution is 7.99. The van der Waals surface area contributed by atoms with E-state index in [0.717, 1.165) is 24.6 Å². The summed E-state index contributed by atoms with van der Waals surface area (Å²) in [5, 5.41) is 14.0. The number of thioether (sulfide) groups is 1. The zero-order valence-corrected chi connectivity index (χ0v) is 11.1. The van der Waals surface area contributed by atoms with Crippen LogP contribution in [0.15, 0.2) is 12.1 Å². The topological polar surface area (TPSA) is 71.3 Å². The molecule has 18 heavy (non-hydrogen) atoms. The van der Waals surface area contributed by atoms with E-state index in [4.69, 9.17) is 0 Å². The summed E-state index contributed by atoms with van der Waals surface area (Å²) in [5.74, 6) is 3.35. The van der Waals surface area contributed by atoms with Crippen molar-refractivity contribution in [2.45, 2.75) is 6.92 Å². The third kappa shape index (κ3) is 3.04. The Balaban J connectivity index is 2.29. The second kappa shape index (κ2) is 5.90. The number of hydrogen-bond acceptors (Lipinski definition) is 6. The minimum absolute atomic E-state index is 0.0918. The van der Waals surface area contributed by atoms with E-state index in [0.29, 0.717) is 18.2 Å². The van der Waals surface area contributed by atoms with Gasteiger partial charge in [0.2, 0.25) is 0 Å². The van der Waals surface area contributed by atoms with Crippen LogP contribution in [0, 0.1) is 10.1 Å². The van der Waals surface area contributed by atoms with Gasteiger partial charge in [0.25, 0.3) is 5.69 Å². The van der Waals surface area contributed by atoms with E-state index in [1.165, 1.54) is 6.07 Å². The Morgan fingerprint density at radius 2 is 2.22 bits per heavy atom. The molecule has 6 nitrogen and oxygen atoms in total. The van der Waals surface area contributed by atoms with E-state index < -0.39 is 0 Å². The molecule has 0 radical (unpaired) electrons. The quantitative estimate of drug-likeness (QED) is 0.665. The standard InChI is InChI=1S/C11H16N4O2S/c1-2-12-10-7-9(15(16)17)8-11(13-10)14-3-5-18-6-4-14/h7-8H,2-6H2,1H3,(H,12,13). The summed E-state index contributed by atoms with van der Waals surface area (Å²) in [5.41, 5.74) is 0.0918. The molecule has 1 aromatic heterocycles. The number of nitrogens with zero attached hydrogens (tertiary/aromatic N) is 3. The molecule has 0 saturated carbocycles. The van der Waals surface area contributed by atoms with Gasteiger partial charge >= 0.3 is 0 Å². The van der Waals surface area contributed by atoms with Gasteiger partial charge in [0.15, 0.2) is 0 Å². The molecule has 0 bridgehead atoms. The Labute approximate surface area is 110 Å². The number of anilines is 2. The van der Waals surface area contributed by atoms with Crippen molar-refractivity contribution in [1.82, 2.24) is 4.98 Å². The van der Waals surface area contributed by atoms with Crippen molar-refractivity contribution in [2.75, 3.05) is 41.4 Å². The SMILES string of the molecule is CCNc1cc([N+](=O)[O-])cc(N2CCSCC2)n1. The van der Waals surface area contributed by atoms with Crippen molar-refractivity contribution < 1.29 is 4.92 Å². The molecule has 0 spiro atoms. The van der Waals surface area contributed by atoms with Crippen molar-refractivity contribution in [3.63, 3.8) is 0 Å². The van der Waals surface area contributed by atoms with Gasteiger partial charge in [-0.1, -0.05) is 0 Å². The molecule has 1 aliphatic rings.